The number of benzene rings is 2. The predicted octanol–water partition coefficient (Wildman–Crippen LogP) is 3.79. The first-order valence-corrected chi connectivity index (χ1v) is 9.33. The van der Waals surface area contributed by atoms with Crippen LogP contribution in [0, 0.1) is 0 Å². The van der Waals surface area contributed by atoms with E-state index in [4.69, 9.17) is 0 Å². The van der Waals surface area contributed by atoms with Crippen LogP contribution in [-0.2, 0) is 47.3 Å². The molecule has 2 amide bonds. The number of nitrogens with zero attached hydrogens (tertiary/aromatic N) is 2. The third-order valence-corrected chi connectivity index (χ3v) is 5.83. The maximum atomic E-state index is 11.1. The Labute approximate surface area is 191 Å². The molecule has 0 saturated heterocycles. The van der Waals surface area contributed by atoms with Gasteiger partial charge in [-0.2, -0.15) is 0 Å². The van der Waals surface area contributed by atoms with Crippen LogP contribution >= 0.6 is 0 Å². The zero-order valence-corrected chi connectivity index (χ0v) is 20.7. The van der Waals surface area contributed by atoms with Gasteiger partial charge in [0.1, 0.15) is 20.0 Å². The van der Waals surface area contributed by atoms with Gasteiger partial charge in [-0.3, -0.25) is 0 Å². The van der Waals surface area contributed by atoms with Crippen molar-refractivity contribution in [1.82, 2.24) is 12.3 Å². The monoisotopic (exact) mass is 546 g/mol. The van der Waals surface area contributed by atoms with E-state index in [1.807, 2.05) is 0 Å². The van der Waals surface area contributed by atoms with Crippen LogP contribution in [0.4, 0.5) is 0 Å². The van der Waals surface area contributed by atoms with Crippen molar-refractivity contribution >= 4 is 31.9 Å². The summed E-state index contributed by atoms with van der Waals surface area (Å²) >= 11 is 0. The Hall–Kier alpha value is -1.96. The van der Waals surface area contributed by atoms with E-state index in [1.165, 1.54) is 24.3 Å². The fourth-order valence-corrected chi connectivity index (χ4v) is 4.35. The molecule has 0 fully saturated rings. The maximum Gasteiger partial charge on any atom is 2.00 e. The van der Waals surface area contributed by atoms with Crippen LogP contribution in [-0.4, -0.2) is 28.6 Å². The van der Waals surface area contributed by atoms with E-state index in [-0.39, 0.29) is 75.7 Å². The van der Waals surface area contributed by atoms with Gasteiger partial charge in [0.2, 0.25) is 0 Å². The second kappa shape index (κ2) is 11.3. The van der Waals surface area contributed by atoms with Gasteiger partial charge >= 0.3 is 30.2 Å². The molecule has 10 N–H and O–H groups in total. The number of fused-ring (bicyclic) bond motifs is 2. The molecule has 0 saturated carbocycles. The van der Waals surface area contributed by atoms with Crippen LogP contribution < -0.4 is 12.3 Å². The zero-order chi connectivity index (χ0) is 17.5. The van der Waals surface area contributed by atoms with Gasteiger partial charge in [-0.1, -0.05) is 36.4 Å². The summed E-state index contributed by atoms with van der Waals surface area (Å²) in [5, 5.41) is 0. The quantitative estimate of drug-likeness (QED) is 0.459. The summed E-state index contributed by atoms with van der Waals surface area (Å²) in [6, 6.07) is 12.0. The average molecular weight is 545 g/mol. The number of sulfonamides is 2. The normalized spacial score (nSPS) is 15.3. The minimum atomic E-state index is -3.68. The van der Waals surface area contributed by atoms with Crippen molar-refractivity contribution in [2.45, 2.75) is 9.79 Å². The zero-order valence-electron chi connectivity index (χ0n) is 17.1. The van der Waals surface area contributed by atoms with Crippen molar-refractivity contribution in [3.8, 4) is 0 Å². The smallest absolute Gasteiger partial charge is 0.693 e. The largest absolute Gasteiger partial charge is 2.00 e. The topological polar surface area (TPSA) is 268 Å². The van der Waals surface area contributed by atoms with Crippen LogP contribution in [0.1, 0.15) is 23.6 Å². The molecule has 12 nitrogen and oxygen atoms in total. The second-order valence-corrected chi connectivity index (χ2v) is 7.88. The molecule has 0 atom stereocenters. The number of carbonyl (C=O) groups excluding carboxylic acids is 2. The van der Waals surface area contributed by atoms with Gasteiger partial charge in [-0.05, 0) is 12.1 Å². The van der Waals surface area contributed by atoms with Gasteiger partial charge in [-0.25, -0.2) is 16.8 Å². The minimum Gasteiger partial charge on any atom is -0.693 e. The van der Waals surface area contributed by atoms with E-state index < -0.39 is 31.9 Å². The SMILES string of the molecule is N.N.O=C1[N-]S(=O)(=O)c2ccccc21.O=C1[N-]S(=O)(=O)c2ccccc21.[Cd+2].[H+].[H+].[NH2-].[NH2-]. The molecule has 0 aromatic heterocycles. The molecule has 156 valence electrons. The van der Waals surface area contributed by atoms with E-state index in [1.54, 1.807) is 24.3 Å². The minimum absolute atomic E-state index is 0. The number of hydrogen-bond donors (Lipinski definition) is 2. The van der Waals surface area contributed by atoms with E-state index in [9.17, 15) is 26.4 Å². The fourth-order valence-electron chi connectivity index (χ4n) is 2.15. The van der Waals surface area contributed by atoms with E-state index in [0.29, 0.717) is 0 Å². The first-order chi connectivity index (χ1) is 11.2. The van der Waals surface area contributed by atoms with Crippen LogP contribution in [0.15, 0.2) is 58.3 Å². The molecular formula is C14H20CdN6O6S2. The van der Waals surface area contributed by atoms with Gasteiger partial charge in [0.25, 0.3) is 0 Å². The number of nitrogens with two attached hydrogens (primary N) is 2. The number of carbonyl (C=O) groups is 2. The summed E-state index contributed by atoms with van der Waals surface area (Å²) < 4.78 is 50.3. The Balaban J connectivity index is -0.000000119. The molecule has 4 rings (SSSR count). The molecule has 2 aliphatic heterocycles. The average Bonchev–Trinajstić information content (AvgIpc) is 2.91. The number of hydrogen-bond acceptors (Lipinski definition) is 8. The van der Waals surface area contributed by atoms with Crippen LogP contribution in [0.5, 0.6) is 0 Å². The Morgan fingerprint density at radius 2 is 0.897 bits per heavy atom. The van der Waals surface area contributed by atoms with Crippen molar-refractivity contribution in [1.29, 1.82) is 0 Å². The molecule has 15 heteroatoms. The molecule has 0 bridgehead atoms. The number of amides is 2. The molecule has 0 spiro atoms. The van der Waals surface area contributed by atoms with Gasteiger partial charge in [0, 0.05) is 11.1 Å². The molecule has 0 radical (unpaired) electrons. The summed E-state index contributed by atoms with van der Waals surface area (Å²) in [6.07, 6.45) is 0. The third kappa shape index (κ3) is 6.01. The van der Waals surface area contributed by atoms with E-state index in [0.717, 1.165) is 0 Å². The summed E-state index contributed by atoms with van der Waals surface area (Å²) in [6.45, 7) is 0. The van der Waals surface area contributed by atoms with E-state index in [2.05, 4.69) is 9.44 Å². The summed E-state index contributed by atoms with van der Waals surface area (Å²) in [5.74, 6) is -1.35. The fraction of sp³-hybridized carbons (Fsp3) is 0. The van der Waals surface area contributed by atoms with Gasteiger partial charge in [0.05, 0.1) is 21.6 Å². The molecular weight excluding hydrogens is 525 g/mol. The van der Waals surface area contributed by atoms with Crippen LogP contribution in [0.3, 0.4) is 0 Å². The Kier molecular flexibility index (Phi) is 12.3. The van der Waals surface area contributed by atoms with Crippen molar-refractivity contribution in [2.24, 2.45) is 0 Å². The summed E-state index contributed by atoms with van der Waals surface area (Å²) in [7, 11) is -7.36. The van der Waals surface area contributed by atoms with Gasteiger partial charge in [-0.15, -0.1) is 0 Å². The van der Waals surface area contributed by atoms with Crippen molar-refractivity contribution in [3.05, 3.63) is 81.4 Å². The first kappa shape index (κ1) is 31.7. The molecule has 2 aliphatic rings. The van der Waals surface area contributed by atoms with Gasteiger partial charge in [0.15, 0.2) is 0 Å². The van der Waals surface area contributed by atoms with Crippen LogP contribution in [0.2, 0.25) is 0 Å². The van der Waals surface area contributed by atoms with Crippen molar-refractivity contribution in [2.75, 3.05) is 0 Å². The summed E-state index contributed by atoms with van der Waals surface area (Å²) in [5.41, 5.74) is 0.329. The maximum absolute atomic E-state index is 11.1. The summed E-state index contributed by atoms with van der Waals surface area (Å²) in [4.78, 5) is 21.9. The molecule has 2 heterocycles. The standard InChI is InChI=1S/2C7H5NO3S.Cd.2H3N.2H2N/c2*9-7-5-3-1-2-4-6(5)12(10,11)8-7;;;;;/h2*1-4H,(H,8,9);;2*1H3;2*1H2/q;;+2;;;2*-1. The molecule has 2 aromatic carbocycles. The Morgan fingerprint density at radius 3 is 1.17 bits per heavy atom. The van der Waals surface area contributed by atoms with Crippen molar-refractivity contribution in [3.63, 3.8) is 0 Å². The molecule has 0 aliphatic carbocycles. The molecule has 29 heavy (non-hydrogen) atoms. The Bertz CT molecular complexity index is 1010. The molecule has 2 aromatic rings. The number of rotatable bonds is 0. The molecule has 0 unspecified atom stereocenters. The van der Waals surface area contributed by atoms with Crippen LogP contribution in [0.25, 0.3) is 21.7 Å². The van der Waals surface area contributed by atoms with E-state index >= 15 is 0 Å². The predicted molar refractivity (Wildman–Crippen MR) is 105 cm³/mol. The first-order valence-electron chi connectivity index (χ1n) is 6.45. The Morgan fingerprint density at radius 1 is 0.621 bits per heavy atom. The second-order valence-electron chi connectivity index (χ2n) is 4.74. The van der Waals surface area contributed by atoms with Gasteiger partial charge < -0.3 is 43.6 Å². The third-order valence-electron chi connectivity index (χ3n) is 3.20. The van der Waals surface area contributed by atoms with Crippen molar-refractivity contribution < 1.29 is 56.6 Å².